The molecule has 67 valence electrons. The molecule has 1 aromatic carbocycles. The first-order valence-corrected chi connectivity index (χ1v) is 4.62. The van der Waals surface area contributed by atoms with Gasteiger partial charge in [-0.15, -0.1) is 0 Å². The predicted octanol–water partition coefficient (Wildman–Crippen LogP) is 2.23. The van der Waals surface area contributed by atoms with Crippen LogP contribution in [0, 0.1) is 18.3 Å². The lowest BCUT2D eigenvalue weighted by atomic mass is 9.97. The van der Waals surface area contributed by atoms with E-state index in [4.69, 9.17) is 10.4 Å². The Morgan fingerprint density at radius 2 is 2.31 bits per heavy atom. The van der Waals surface area contributed by atoms with Crippen LogP contribution in [0.4, 0.5) is 0 Å². The molecule has 1 aromatic rings. The predicted molar refractivity (Wildman–Crippen MR) is 54.0 cm³/mol. The molecule has 1 N–H and O–H groups in total. The largest absolute Gasteiger partial charge is 0.396 e. The van der Waals surface area contributed by atoms with E-state index in [1.807, 2.05) is 6.07 Å². The van der Waals surface area contributed by atoms with Crippen LogP contribution in [0.15, 0.2) is 22.7 Å². The zero-order valence-electron chi connectivity index (χ0n) is 7.00. The molecule has 2 nitrogen and oxygen atoms in total. The number of nitrogens with zero attached hydrogens (tertiary/aromatic N) is 1. The van der Waals surface area contributed by atoms with Gasteiger partial charge in [-0.3, -0.25) is 0 Å². The van der Waals surface area contributed by atoms with Crippen molar-refractivity contribution in [1.82, 2.24) is 0 Å². The Morgan fingerprint density at radius 3 is 2.85 bits per heavy atom. The second-order valence-electron chi connectivity index (χ2n) is 2.72. The Labute approximate surface area is 85.9 Å². The van der Waals surface area contributed by atoms with Crippen molar-refractivity contribution in [3.8, 4) is 6.07 Å². The van der Waals surface area contributed by atoms with Crippen LogP contribution in [0.3, 0.4) is 0 Å². The number of nitriles is 1. The van der Waals surface area contributed by atoms with Crippen molar-refractivity contribution in [2.24, 2.45) is 0 Å². The second kappa shape index (κ2) is 4.40. The van der Waals surface area contributed by atoms with E-state index in [2.05, 4.69) is 28.9 Å². The zero-order valence-corrected chi connectivity index (χ0v) is 8.58. The number of aliphatic hydroxyl groups excluding tert-OH is 1. The minimum atomic E-state index is -0.243. The summed E-state index contributed by atoms with van der Waals surface area (Å²) in [5.41, 5.74) is 1.34. The monoisotopic (exact) mass is 238 g/mol. The van der Waals surface area contributed by atoms with Crippen LogP contribution in [0.25, 0.3) is 0 Å². The van der Waals surface area contributed by atoms with E-state index < -0.39 is 0 Å². The summed E-state index contributed by atoms with van der Waals surface area (Å²) in [5, 5.41) is 17.7. The first-order valence-electron chi connectivity index (χ1n) is 3.82. The third kappa shape index (κ3) is 2.30. The number of hydrogen-bond donors (Lipinski definition) is 1. The molecule has 0 heterocycles. The van der Waals surface area contributed by atoms with Gasteiger partial charge in [0.1, 0.15) is 0 Å². The molecule has 1 radical (unpaired) electrons. The van der Waals surface area contributed by atoms with E-state index in [0.29, 0.717) is 5.56 Å². The van der Waals surface area contributed by atoms with Crippen LogP contribution in [0.5, 0.6) is 0 Å². The standard InChI is InChI=1S/C10H9BrNO/c1-7(6-13)10-4-9(11)3-2-8(10)5-12/h2-4,7,13H,1,6H2. The van der Waals surface area contributed by atoms with Crippen molar-refractivity contribution >= 4 is 15.9 Å². The van der Waals surface area contributed by atoms with Gasteiger partial charge in [0.05, 0.1) is 11.6 Å². The van der Waals surface area contributed by atoms with Crippen molar-refractivity contribution in [2.45, 2.75) is 5.92 Å². The maximum atomic E-state index is 8.91. The number of hydrogen-bond acceptors (Lipinski definition) is 2. The minimum Gasteiger partial charge on any atom is -0.396 e. The first kappa shape index (κ1) is 10.2. The normalized spacial score (nSPS) is 12.2. The van der Waals surface area contributed by atoms with E-state index in [9.17, 15) is 0 Å². The van der Waals surface area contributed by atoms with Gasteiger partial charge >= 0.3 is 0 Å². The molecule has 0 aliphatic carbocycles. The molecule has 13 heavy (non-hydrogen) atoms. The van der Waals surface area contributed by atoms with Gasteiger partial charge in [-0.25, -0.2) is 0 Å². The fraction of sp³-hybridized carbons (Fsp3) is 0.200. The molecule has 1 unspecified atom stereocenters. The lowest BCUT2D eigenvalue weighted by Crippen LogP contribution is -2.01. The summed E-state index contributed by atoms with van der Waals surface area (Å²) in [4.78, 5) is 0. The first-order chi connectivity index (χ1) is 6.19. The van der Waals surface area contributed by atoms with Gasteiger partial charge in [0.25, 0.3) is 0 Å². The topological polar surface area (TPSA) is 44.0 Å². The SMILES string of the molecule is [CH2]C(CO)c1cc(Br)ccc1C#N. The summed E-state index contributed by atoms with van der Waals surface area (Å²) in [7, 11) is 0. The van der Waals surface area contributed by atoms with Crippen LogP contribution in [0.1, 0.15) is 17.0 Å². The molecule has 0 aliphatic heterocycles. The zero-order chi connectivity index (χ0) is 9.84. The number of rotatable bonds is 2. The third-order valence-corrected chi connectivity index (χ3v) is 2.29. The smallest absolute Gasteiger partial charge is 0.0994 e. The van der Waals surface area contributed by atoms with Gasteiger partial charge in [0.2, 0.25) is 0 Å². The molecule has 0 aromatic heterocycles. The maximum absolute atomic E-state index is 8.91. The molecule has 0 spiro atoms. The average Bonchev–Trinajstić information content (AvgIpc) is 2.16. The summed E-state index contributed by atoms with van der Waals surface area (Å²) in [6.45, 7) is 3.70. The fourth-order valence-electron chi connectivity index (χ4n) is 1.07. The molecule has 1 atom stereocenters. The lowest BCUT2D eigenvalue weighted by molar-refractivity contribution is 0.282. The van der Waals surface area contributed by atoms with Crippen molar-refractivity contribution < 1.29 is 5.11 Å². The van der Waals surface area contributed by atoms with E-state index in [1.165, 1.54) is 0 Å². The Bertz CT molecular complexity index is 343. The van der Waals surface area contributed by atoms with Crippen LogP contribution in [-0.2, 0) is 0 Å². The Kier molecular flexibility index (Phi) is 3.47. The molecule has 0 saturated carbocycles. The second-order valence-corrected chi connectivity index (χ2v) is 3.64. The van der Waals surface area contributed by atoms with Crippen molar-refractivity contribution in [2.75, 3.05) is 6.61 Å². The Balaban J connectivity index is 3.17. The van der Waals surface area contributed by atoms with Crippen LogP contribution < -0.4 is 0 Å². The van der Waals surface area contributed by atoms with Crippen LogP contribution >= 0.6 is 15.9 Å². The van der Waals surface area contributed by atoms with Gasteiger partial charge in [0, 0.05) is 17.0 Å². The minimum absolute atomic E-state index is 0.0505. The molecular weight excluding hydrogens is 230 g/mol. The van der Waals surface area contributed by atoms with Gasteiger partial charge in [-0.05, 0) is 30.7 Å². The molecule has 0 bridgehead atoms. The van der Waals surface area contributed by atoms with Crippen LogP contribution in [0.2, 0.25) is 0 Å². The number of aliphatic hydroxyl groups is 1. The third-order valence-electron chi connectivity index (χ3n) is 1.79. The van der Waals surface area contributed by atoms with Crippen molar-refractivity contribution in [1.29, 1.82) is 5.26 Å². The highest BCUT2D eigenvalue weighted by atomic mass is 79.9. The molecule has 3 heteroatoms. The fourth-order valence-corrected chi connectivity index (χ4v) is 1.45. The van der Waals surface area contributed by atoms with E-state index in [-0.39, 0.29) is 12.5 Å². The van der Waals surface area contributed by atoms with Crippen molar-refractivity contribution in [3.05, 3.63) is 40.7 Å². The summed E-state index contributed by atoms with van der Waals surface area (Å²) in [6.07, 6.45) is 0. The number of halogens is 1. The highest BCUT2D eigenvalue weighted by Gasteiger charge is 2.09. The molecule has 0 saturated heterocycles. The summed E-state index contributed by atoms with van der Waals surface area (Å²) >= 11 is 3.30. The lowest BCUT2D eigenvalue weighted by Gasteiger charge is -2.10. The van der Waals surface area contributed by atoms with Crippen molar-refractivity contribution in [3.63, 3.8) is 0 Å². The number of benzene rings is 1. The summed E-state index contributed by atoms with van der Waals surface area (Å²) < 4.78 is 0.892. The Morgan fingerprint density at radius 1 is 1.62 bits per heavy atom. The van der Waals surface area contributed by atoms with Gasteiger partial charge < -0.3 is 5.11 Å². The summed E-state index contributed by atoms with van der Waals surface area (Å²) in [6, 6.07) is 7.39. The summed E-state index contributed by atoms with van der Waals surface area (Å²) in [5.74, 6) is -0.243. The van der Waals surface area contributed by atoms with Gasteiger partial charge in [-0.1, -0.05) is 15.9 Å². The van der Waals surface area contributed by atoms with Gasteiger partial charge in [0.15, 0.2) is 0 Å². The highest BCUT2D eigenvalue weighted by Crippen LogP contribution is 2.22. The molecule has 0 aliphatic rings. The van der Waals surface area contributed by atoms with E-state index in [1.54, 1.807) is 12.1 Å². The molecule has 0 amide bonds. The molecule has 0 fully saturated rings. The van der Waals surface area contributed by atoms with E-state index >= 15 is 0 Å². The van der Waals surface area contributed by atoms with Gasteiger partial charge in [-0.2, -0.15) is 5.26 Å². The highest BCUT2D eigenvalue weighted by molar-refractivity contribution is 9.10. The molecule has 1 rings (SSSR count). The van der Waals surface area contributed by atoms with E-state index in [0.717, 1.165) is 10.0 Å². The molecular formula is C10H9BrNO. The quantitative estimate of drug-likeness (QED) is 0.859. The van der Waals surface area contributed by atoms with Crippen LogP contribution in [-0.4, -0.2) is 11.7 Å². The maximum Gasteiger partial charge on any atom is 0.0994 e. The Hall–Kier alpha value is -0.850. The average molecular weight is 239 g/mol.